The molecule has 0 atom stereocenters. The van der Waals surface area contributed by atoms with Gasteiger partial charge in [0.05, 0.1) is 0 Å². The summed E-state index contributed by atoms with van der Waals surface area (Å²) < 4.78 is 0. The highest BCUT2D eigenvalue weighted by molar-refractivity contribution is 5.45. The number of anilines is 1. The second-order valence-corrected chi connectivity index (χ2v) is 3.59. The maximum absolute atomic E-state index is 6.00. The Morgan fingerprint density at radius 2 is 2.23 bits per heavy atom. The molecule has 4 N–H and O–H groups in total. The fraction of sp³-hybridized carbons (Fsp3) is 0.556. The van der Waals surface area contributed by atoms with Gasteiger partial charge in [-0.3, -0.25) is 0 Å². The van der Waals surface area contributed by atoms with Crippen molar-refractivity contribution in [3.05, 3.63) is 17.6 Å². The smallest absolute Gasteiger partial charge is 0.132 e. The van der Waals surface area contributed by atoms with Gasteiger partial charge in [0.2, 0.25) is 0 Å². The Bertz CT molecular complexity index is 330. The van der Waals surface area contributed by atoms with Gasteiger partial charge in [-0.05, 0) is 12.8 Å². The first-order valence-electron chi connectivity index (χ1n) is 4.56. The summed E-state index contributed by atoms with van der Waals surface area (Å²) >= 11 is 0. The molecule has 1 heterocycles. The minimum Gasteiger partial charge on any atom is -0.383 e. The quantitative estimate of drug-likeness (QED) is 0.694. The largest absolute Gasteiger partial charge is 0.383 e. The van der Waals surface area contributed by atoms with Crippen molar-refractivity contribution in [2.45, 2.75) is 31.7 Å². The van der Waals surface area contributed by atoms with Gasteiger partial charge in [-0.1, -0.05) is 6.92 Å². The average molecular weight is 178 g/mol. The molecule has 70 valence electrons. The Morgan fingerprint density at radius 3 is 2.69 bits per heavy atom. The summed E-state index contributed by atoms with van der Waals surface area (Å²) in [6, 6.07) is 0. The minimum absolute atomic E-state index is 0.226. The summed E-state index contributed by atoms with van der Waals surface area (Å²) in [6.07, 6.45) is 4.56. The first-order valence-corrected chi connectivity index (χ1v) is 4.56. The molecule has 4 heteroatoms. The standard InChI is InChI=1S/C9H14N4/c1-2-7-12-5-6(8(10)13-7)9(11)3-4-9/h5H,2-4,11H2,1H3,(H2,10,12,13). The van der Waals surface area contributed by atoms with Crippen molar-refractivity contribution in [3.8, 4) is 0 Å². The van der Waals surface area contributed by atoms with E-state index in [1.165, 1.54) is 0 Å². The van der Waals surface area contributed by atoms with Crippen molar-refractivity contribution in [1.29, 1.82) is 0 Å². The lowest BCUT2D eigenvalue weighted by molar-refractivity contribution is 0.726. The topological polar surface area (TPSA) is 77.8 Å². The summed E-state index contributed by atoms with van der Waals surface area (Å²) in [6.45, 7) is 2.00. The number of hydrogen-bond donors (Lipinski definition) is 2. The van der Waals surface area contributed by atoms with Crippen LogP contribution >= 0.6 is 0 Å². The van der Waals surface area contributed by atoms with Gasteiger partial charge in [-0.2, -0.15) is 0 Å². The predicted octanol–water partition coefficient (Wildman–Crippen LogP) is 0.569. The van der Waals surface area contributed by atoms with Crippen LogP contribution in [0.5, 0.6) is 0 Å². The third-order valence-electron chi connectivity index (χ3n) is 2.51. The van der Waals surface area contributed by atoms with E-state index in [2.05, 4.69) is 9.97 Å². The van der Waals surface area contributed by atoms with E-state index in [9.17, 15) is 0 Å². The van der Waals surface area contributed by atoms with Gasteiger partial charge in [-0.25, -0.2) is 9.97 Å². The van der Waals surface area contributed by atoms with Gasteiger partial charge < -0.3 is 11.5 Å². The number of aryl methyl sites for hydroxylation is 1. The van der Waals surface area contributed by atoms with Crippen LogP contribution in [0.4, 0.5) is 5.82 Å². The lowest BCUT2D eigenvalue weighted by atomic mass is 10.1. The van der Waals surface area contributed by atoms with Crippen LogP contribution in [0.25, 0.3) is 0 Å². The molecule has 2 rings (SSSR count). The van der Waals surface area contributed by atoms with Crippen molar-refractivity contribution < 1.29 is 0 Å². The molecule has 0 radical (unpaired) electrons. The summed E-state index contributed by atoms with van der Waals surface area (Å²) in [4.78, 5) is 8.38. The average Bonchev–Trinajstić information content (AvgIpc) is 2.84. The SMILES string of the molecule is CCc1ncc(C2(N)CC2)c(N)n1. The molecule has 1 aromatic heterocycles. The van der Waals surface area contributed by atoms with Crippen LogP contribution in [-0.4, -0.2) is 9.97 Å². The zero-order valence-electron chi connectivity index (χ0n) is 7.75. The molecule has 1 fully saturated rings. The van der Waals surface area contributed by atoms with Crippen molar-refractivity contribution in [2.75, 3.05) is 5.73 Å². The van der Waals surface area contributed by atoms with E-state index in [1.807, 2.05) is 6.92 Å². The third kappa shape index (κ3) is 1.37. The van der Waals surface area contributed by atoms with Crippen LogP contribution < -0.4 is 11.5 Å². The van der Waals surface area contributed by atoms with Crippen LogP contribution in [0, 0.1) is 0 Å². The molecule has 0 aliphatic heterocycles. The molecule has 1 aromatic rings. The Hall–Kier alpha value is -1.16. The molecular weight excluding hydrogens is 164 g/mol. The molecule has 0 spiro atoms. The molecule has 0 aromatic carbocycles. The van der Waals surface area contributed by atoms with Crippen LogP contribution in [-0.2, 0) is 12.0 Å². The second kappa shape index (κ2) is 2.67. The van der Waals surface area contributed by atoms with Gasteiger partial charge in [0.25, 0.3) is 0 Å². The molecule has 0 unspecified atom stereocenters. The Kier molecular flexibility index (Phi) is 1.73. The van der Waals surface area contributed by atoms with E-state index < -0.39 is 0 Å². The van der Waals surface area contributed by atoms with Crippen molar-refractivity contribution in [3.63, 3.8) is 0 Å². The van der Waals surface area contributed by atoms with Crippen molar-refractivity contribution in [2.24, 2.45) is 5.73 Å². The van der Waals surface area contributed by atoms with Crippen LogP contribution in [0.3, 0.4) is 0 Å². The minimum atomic E-state index is -0.226. The summed E-state index contributed by atoms with van der Waals surface area (Å²) in [5.41, 5.74) is 12.5. The number of nitrogens with zero attached hydrogens (tertiary/aromatic N) is 2. The number of nitrogen functional groups attached to an aromatic ring is 1. The van der Waals surface area contributed by atoms with E-state index >= 15 is 0 Å². The molecule has 1 aliphatic rings. The zero-order chi connectivity index (χ0) is 9.47. The monoisotopic (exact) mass is 178 g/mol. The van der Waals surface area contributed by atoms with E-state index in [1.54, 1.807) is 6.20 Å². The zero-order valence-corrected chi connectivity index (χ0v) is 7.75. The van der Waals surface area contributed by atoms with Crippen LogP contribution in [0.2, 0.25) is 0 Å². The summed E-state index contributed by atoms with van der Waals surface area (Å²) in [7, 11) is 0. The first-order chi connectivity index (χ1) is 6.15. The summed E-state index contributed by atoms with van der Waals surface area (Å²) in [5, 5.41) is 0. The molecule has 13 heavy (non-hydrogen) atoms. The second-order valence-electron chi connectivity index (χ2n) is 3.59. The lowest BCUT2D eigenvalue weighted by Gasteiger charge is -2.11. The molecule has 0 bridgehead atoms. The normalized spacial score (nSPS) is 18.6. The predicted molar refractivity (Wildman–Crippen MR) is 50.9 cm³/mol. The summed E-state index contributed by atoms with van der Waals surface area (Å²) in [5.74, 6) is 1.33. The fourth-order valence-corrected chi connectivity index (χ4v) is 1.39. The number of rotatable bonds is 2. The lowest BCUT2D eigenvalue weighted by Crippen LogP contribution is -2.21. The maximum atomic E-state index is 6.00. The molecule has 0 saturated heterocycles. The van der Waals surface area contributed by atoms with E-state index in [0.29, 0.717) is 5.82 Å². The van der Waals surface area contributed by atoms with E-state index in [4.69, 9.17) is 11.5 Å². The highest BCUT2D eigenvalue weighted by Crippen LogP contribution is 2.44. The van der Waals surface area contributed by atoms with Gasteiger partial charge in [0, 0.05) is 23.7 Å². The van der Waals surface area contributed by atoms with E-state index in [-0.39, 0.29) is 5.54 Å². The maximum Gasteiger partial charge on any atom is 0.132 e. The van der Waals surface area contributed by atoms with Crippen LogP contribution in [0.15, 0.2) is 6.20 Å². The first kappa shape index (κ1) is 8.44. The number of aromatic nitrogens is 2. The number of nitrogens with two attached hydrogens (primary N) is 2. The van der Waals surface area contributed by atoms with Gasteiger partial charge in [0.1, 0.15) is 11.6 Å². The van der Waals surface area contributed by atoms with Crippen molar-refractivity contribution in [1.82, 2.24) is 9.97 Å². The third-order valence-corrected chi connectivity index (χ3v) is 2.51. The van der Waals surface area contributed by atoms with E-state index in [0.717, 1.165) is 30.7 Å². The van der Waals surface area contributed by atoms with Gasteiger partial charge >= 0.3 is 0 Å². The molecule has 1 saturated carbocycles. The van der Waals surface area contributed by atoms with Crippen molar-refractivity contribution >= 4 is 5.82 Å². The number of hydrogen-bond acceptors (Lipinski definition) is 4. The fourth-order valence-electron chi connectivity index (χ4n) is 1.39. The highest BCUT2D eigenvalue weighted by Gasteiger charge is 2.42. The van der Waals surface area contributed by atoms with Crippen LogP contribution in [0.1, 0.15) is 31.2 Å². The Labute approximate surface area is 77.4 Å². The molecule has 0 amide bonds. The van der Waals surface area contributed by atoms with Gasteiger partial charge in [-0.15, -0.1) is 0 Å². The molecular formula is C9H14N4. The highest BCUT2D eigenvalue weighted by atomic mass is 15.0. The van der Waals surface area contributed by atoms with Gasteiger partial charge in [0.15, 0.2) is 0 Å². The molecule has 4 nitrogen and oxygen atoms in total. The Morgan fingerprint density at radius 1 is 1.54 bits per heavy atom. The molecule has 1 aliphatic carbocycles. The Balaban J connectivity index is 2.38.